The van der Waals surface area contributed by atoms with Crippen LogP contribution in [0.5, 0.6) is 5.88 Å². The Kier molecular flexibility index (Phi) is 7.01. The number of alkyl halides is 3. The van der Waals surface area contributed by atoms with Crippen LogP contribution in [0.2, 0.25) is 0 Å². The summed E-state index contributed by atoms with van der Waals surface area (Å²) >= 11 is 0. The van der Waals surface area contributed by atoms with Gasteiger partial charge < -0.3 is 14.8 Å². The second-order valence-corrected chi connectivity index (χ2v) is 9.64. The lowest BCUT2D eigenvalue weighted by Gasteiger charge is -2.31. The van der Waals surface area contributed by atoms with Crippen LogP contribution in [0.1, 0.15) is 17.0 Å². The van der Waals surface area contributed by atoms with Crippen LogP contribution in [0.3, 0.4) is 0 Å². The van der Waals surface area contributed by atoms with E-state index in [9.17, 15) is 30.8 Å². The third-order valence-electron chi connectivity index (χ3n) is 5.51. The lowest BCUT2D eigenvalue weighted by Crippen LogP contribution is -2.44. The Morgan fingerprint density at radius 1 is 1.16 bits per heavy atom. The highest BCUT2D eigenvalue weighted by molar-refractivity contribution is 7.87. The Hall–Kier alpha value is -3.85. The molecule has 0 radical (unpaired) electrons. The van der Waals surface area contributed by atoms with Crippen molar-refractivity contribution in [3.8, 4) is 5.88 Å². The van der Waals surface area contributed by atoms with Crippen LogP contribution in [0.4, 0.5) is 23.5 Å². The third kappa shape index (κ3) is 5.77. The number of pyridine rings is 1. The summed E-state index contributed by atoms with van der Waals surface area (Å²) in [5, 5.41) is 0. The molecule has 0 fully saturated rings. The molecule has 1 aliphatic heterocycles. The van der Waals surface area contributed by atoms with Gasteiger partial charge in [-0.3, -0.25) is 4.57 Å². The number of hydrogen-bond acceptors (Lipinski definition) is 9. The number of nitrogens with zero attached hydrogens (tertiary/aromatic N) is 5. The van der Waals surface area contributed by atoms with Crippen LogP contribution < -0.4 is 20.5 Å². The van der Waals surface area contributed by atoms with Crippen molar-refractivity contribution in [1.29, 1.82) is 0 Å². The molecule has 2 N–H and O–H groups in total. The molecule has 0 spiro atoms. The maximum Gasteiger partial charge on any atom is 0.534 e. The van der Waals surface area contributed by atoms with E-state index < -0.39 is 33.2 Å². The van der Waals surface area contributed by atoms with Crippen molar-refractivity contribution in [2.75, 3.05) is 18.0 Å². The normalized spacial score (nSPS) is 16.4. The van der Waals surface area contributed by atoms with Gasteiger partial charge in [-0.1, -0.05) is 18.2 Å². The highest BCUT2D eigenvalue weighted by Gasteiger charge is 2.48. The highest BCUT2D eigenvalue weighted by atomic mass is 32.2. The van der Waals surface area contributed by atoms with Crippen LogP contribution in [0.15, 0.2) is 53.5 Å². The fraction of sp³-hybridized carbons (Fsp3) is 0.273. The van der Waals surface area contributed by atoms with Crippen molar-refractivity contribution in [3.63, 3.8) is 0 Å². The molecule has 1 aromatic carbocycles. The first-order valence-electron chi connectivity index (χ1n) is 10.7. The Balaban J connectivity index is 1.53. The topological polar surface area (TPSA) is 133 Å². The van der Waals surface area contributed by atoms with Crippen molar-refractivity contribution in [3.05, 3.63) is 81.9 Å². The summed E-state index contributed by atoms with van der Waals surface area (Å²) in [6.45, 7) is 2.01. The standard InChI is InChI=1S/C22H20F4N6O4S/c1-13-29-20(31-9-7-17(18(27)12-31)15-2-4-16(23)5-3-15)30-21(33)32(13)11-14-6-8-28-19(10-14)36-37(34,35)22(24,25)26/h2-8,10,18H,9,11-12,27H2,1H3/t18-/m0/s1. The van der Waals surface area contributed by atoms with Gasteiger partial charge in [-0.15, -0.1) is 0 Å². The predicted molar refractivity (Wildman–Crippen MR) is 125 cm³/mol. The number of aromatic nitrogens is 4. The zero-order valence-corrected chi connectivity index (χ0v) is 20.0. The van der Waals surface area contributed by atoms with E-state index in [0.717, 1.165) is 28.0 Å². The summed E-state index contributed by atoms with van der Waals surface area (Å²) in [7, 11) is -5.90. The van der Waals surface area contributed by atoms with Gasteiger partial charge >= 0.3 is 21.3 Å². The first-order valence-corrected chi connectivity index (χ1v) is 12.1. The molecule has 3 aromatic rings. The van der Waals surface area contributed by atoms with Crippen LogP contribution in [-0.2, 0) is 16.7 Å². The van der Waals surface area contributed by atoms with Gasteiger partial charge in [0.05, 0.1) is 6.54 Å². The summed E-state index contributed by atoms with van der Waals surface area (Å²) in [5.74, 6) is -0.775. The number of rotatable bonds is 6. The molecule has 37 heavy (non-hydrogen) atoms. The molecule has 10 nitrogen and oxygen atoms in total. The largest absolute Gasteiger partial charge is 0.534 e. The van der Waals surface area contributed by atoms with E-state index in [1.807, 2.05) is 6.08 Å². The van der Waals surface area contributed by atoms with Crippen molar-refractivity contribution in [2.24, 2.45) is 5.73 Å². The summed E-state index contributed by atoms with van der Waals surface area (Å²) in [4.78, 5) is 26.3. The molecule has 0 amide bonds. The molecule has 0 bridgehead atoms. The minimum atomic E-state index is -5.90. The summed E-state index contributed by atoms with van der Waals surface area (Å²) in [6.07, 6.45) is 2.89. The highest BCUT2D eigenvalue weighted by Crippen LogP contribution is 2.27. The quantitative estimate of drug-likeness (QED) is 0.283. The second-order valence-electron chi connectivity index (χ2n) is 8.10. The average molecular weight is 540 g/mol. The van der Waals surface area contributed by atoms with Crippen molar-refractivity contribution < 1.29 is 30.2 Å². The van der Waals surface area contributed by atoms with Crippen molar-refractivity contribution >= 4 is 21.6 Å². The summed E-state index contributed by atoms with van der Waals surface area (Å²) < 4.78 is 78.6. The fourth-order valence-electron chi connectivity index (χ4n) is 3.68. The van der Waals surface area contributed by atoms with Crippen LogP contribution in [-0.4, -0.2) is 52.6 Å². The van der Waals surface area contributed by atoms with E-state index in [0.29, 0.717) is 13.1 Å². The molecule has 15 heteroatoms. The smallest absolute Gasteiger partial charge is 0.355 e. The Bertz CT molecular complexity index is 1510. The van der Waals surface area contributed by atoms with Gasteiger partial charge in [-0.2, -0.15) is 31.6 Å². The lowest BCUT2D eigenvalue weighted by atomic mass is 9.95. The zero-order chi connectivity index (χ0) is 27.0. The molecule has 0 saturated carbocycles. The number of aryl methyl sites for hydroxylation is 1. The van der Waals surface area contributed by atoms with Crippen LogP contribution >= 0.6 is 0 Å². The van der Waals surface area contributed by atoms with Gasteiger partial charge in [0.1, 0.15) is 11.6 Å². The second kappa shape index (κ2) is 9.89. The molecule has 196 valence electrons. The van der Waals surface area contributed by atoms with Crippen LogP contribution in [0, 0.1) is 12.7 Å². The molecular weight excluding hydrogens is 520 g/mol. The maximum absolute atomic E-state index is 13.2. The average Bonchev–Trinajstić information content (AvgIpc) is 2.81. The number of halogens is 4. The number of anilines is 1. The SMILES string of the molecule is Cc1nc(N2CC=C(c3ccc(F)cc3)[C@@H](N)C2)nc(=O)n1Cc1ccnc(OS(=O)(=O)C(F)(F)F)c1. The number of benzene rings is 1. The molecule has 0 saturated heterocycles. The molecule has 4 rings (SSSR count). The molecule has 2 aromatic heterocycles. The van der Waals surface area contributed by atoms with E-state index in [-0.39, 0.29) is 29.7 Å². The minimum absolute atomic E-state index is 0.138. The molecular formula is C22H20F4N6O4S. The Labute approximate surface area is 208 Å². The molecule has 0 unspecified atom stereocenters. The first kappa shape index (κ1) is 26.2. The third-order valence-corrected chi connectivity index (χ3v) is 6.46. The minimum Gasteiger partial charge on any atom is -0.355 e. The van der Waals surface area contributed by atoms with Crippen LogP contribution in [0.25, 0.3) is 5.57 Å². The molecule has 0 aliphatic carbocycles. The van der Waals surface area contributed by atoms with E-state index in [1.165, 1.54) is 18.2 Å². The van der Waals surface area contributed by atoms with Gasteiger partial charge in [0.15, 0.2) is 0 Å². The lowest BCUT2D eigenvalue weighted by molar-refractivity contribution is -0.0501. The van der Waals surface area contributed by atoms with Gasteiger partial charge in [0.2, 0.25) is 11.8 Å². The van der Waals surface area contributed by atoms with Crippen molar-refractivity contribution in [1.82, 2.24) is 19.5 Å². The summed E-state index contributed by atoms with van der Waals surface area (Å²) in [5.41, 5.74) is 1.83. The zero-order valence-electron chi connectivity index (χ0n) is 19.2. The van der Waals surface area contributed by atoms with E-state index in [1.54, 1.807) is 24.0 Å². The van der Waals surface area contributed by atoms with Gasteiger partial charge in [0.25, 0.3) is 0 Å². The van der Waals surface area contributed by atoms with E-state index in [4.69, 9.17) is 5.73 Å². The molecule has 1 aliphatic rings. The Morgan fingerprint density at radius 3 is 2.49 bits per heavy atom. The van der Waals surface area contributed by atoms with E-state index in [2.05, 4.69) is 19.1 Å². The van der Waals surface area contributed by atoms with Gasteiger partial charge in [0, 0.05) is 31.4 Å². The number of nitrogens with two attached hydrogens (primary N) is 1. The maximum atomic E-state index is 13.2. The fourth-order valence-corrected chi connectivity index (χ4v) is 4.09. The Morgan fingerprint density at radius 2 is 1.86 bits per heavy atom. The predicted octanol–water partition coefficient (Wildman–Crippen LogP) is 1.99. The summed E-state index contributed by atoms with van der Waals surface area (Å²) in [6, 6.07) is 7.84. The number of hydrogen-bond donors (Lipinski definition) is 1. The van der Waals surface area contributed by atoms with Gasteiger partial charge in [-0.05, 0) is 41.8 Å². The monoisotopic (exact) mass is 540 g/mol. The van der Waals surface area contributed by atoms with Gasteiger partial charge in [-0.25, -0.2) is 14.2 Å². The van der Waals surface area contributed by atoms with E-state index >= 15 is 0 Å². The molecule has 3 heterocycles. The van der Waals surface area contributed by atoms with Crippen molar-refractivity contribution in [2.45, 2.75) is 25.0 Å². The molecule has 1 atom stereocenters. The first-order chi connectivity index (χ1) is 17.3.